The van der Waals surface area contributed by atoms with E-state index in [1.165, 1.54) is 0 Å². The maximum absolute atomic E-state index is 10.1. The summed E-state index contributed by atoms with van der Waals surface area (Å²) in [5.41, 5.74) is 2.79. The second kappa shape index (κ2) is 3.85. The molecule has 0 amide bonds. The molecule has 1 aliphatic heterocycles. The largest absolute Gasteiger partial charge is 0.509 e. The number of likely N-dealkylation sites (N-methyl/N-ethyl adjacent to an activating group) is 1. The van der Waals surface area contributed by atoms with Crippen LogP contribution < -0.4 is 4.57 Å². The average molecular weight is 257 g/mol. The van der Waals surface area contributed by atoms with Crippen LogP contribution in [0, 0.1) is 5.41 Å². The molecule has 19 heavy (non-hydrogen) atoms. The Hall–Kier alpha value is -2.30. The van der Waals surface area contributed by atoms with Crippen molar-refractivity contribution in [2.45, 2.75) is 0 Å². The Balaban J connectivity index is 2.33. The first-order valence-electron chi connectivity index (χ1n) is 6.18. The van der Waals surface area contributed by atoms with Crippen LogP contribution in [0.4, 0.5) is 0 Å². The fourth-order valence-electron chi connectivity index (χ4n) is 2.77. The van der Waals surface area contributed by atoms with Gasteiger partial charge in [-0.15, -0.1) is 0 Å². The monoisotopic (exact) mass is 257 g/mol. The summed E-state index contributed by atoms with van der Waals surface area (Å²) in [4.78, 5) is 1.74. The lowest BCUT2D eigenvalue weighted by Crippen LogP contribution is -2.34. The molecular weight excluding hydrogens is 240 g/mol. The number of aromatic nitrogens is 2. The normalized spacial score (nSPS) is 15.9. The number of hydrogen-bond acceptors (Lipinski definition) is 2. The van der Waals surface area contributed by atoms with Gasteiger partial charge in [0.1, 0.15) is 17.2 Å². The first kappa shape index (κ1) is 11.8. The summed E-state index contributed by atoms with van der Waals surface area (Å²) in [5, 5.41) is 18.3. The molecule has 2 N–H and O–H groups in total. The van der Waals surface area contributed by atoms with Crippen molar-refractivity contribution >= 4 is 22.4 Å². The third-order valence-electron chi connectivity index (χ3n) is 3.76. The number of fused-ring (bicyclic) bond motifs is 1. The molecule has 0 aliphatic carbocycles. The Labute approximate surface area is 111 Å². The standard InChI is InChI=1S/C14H16N4O/c1-16-8-11(19)12(13(16)15)14-17(2)9-6-4-5-7-10(9)18(14)3/h4-7,15H,8H2,1-3H3/p+1. The summed E-state index contributed by atoms with van der Waals surface area (Å²) in [6, 6.07) is 8.07. The maximum Gasteiger partial charge on any atom is 0.296 e. The van der Waals surface area contributed by atoms with Crippen LogP contribution in [0.25, 0.3) is 16.6 Å². The minimum Gasteiger partial charge on any atom is -0.509 e. The Kier molecular flexibility index (Phi) is 2.38. The second-order valence-corrected chi connectivity index (χ2v) is 4.96. The molecule has 1 aromatic carbocycles. The van der Waals surface area contributed by atoms with Gasteiger partial charge in [0.2, 0.25) is 0 Å². The molecule has 2 aromatic rings. The SMILES string of the molecule is CN1CC(O)=C(c2n(C)c3ccccc3[n+]2C)C1=N. The molecule has 98 valence electrons. The molecule has 0 radical (unpaired) electrons. The molecule has 0 fully saturated rings. The zero-order valence-electron chi connectivity index (χ0n) is 11.3. The highest BCUT2D eigenvalue weighted by Crippen LogP contribution is 2.26. The lowest BCUT2D eigenvalue weighted by molar-refractivity contribution is -0.648. The van der Waals surface area contributed by atoms with Crippen molar-refractivity contribution in [3.05, 3.63) is 35.8 Å². The average Bonchev–Trinajstić information content (AvgIpc) is 2.78. The van der Waals surface area contributed by atoms with E-state index in [2.05, 4.69) is 0 Å². The van der Waals surface area contributed by atoms with Crippen LogP contribution in [-0.2, 0) is 14.1 Å². The van der Waals surface area contributed by atoms with Gasteiger partial charge in [0.15, 0.2) is 11.0 Å². The third-order valence-corrected chi connectivity index (χ3v) is 3.76. The summed E-state index contributed by atoms with van der Waals surface area (Å²) >= 11 is 0. The van der Waals surface area contributed by atoms with Gasteiger partial charge < -0.3 is 10.0 Å². The van der Waals surface area contributed by atoms with Gasteiger partial charge in [-0.2, -0.15) is 0 Å². The van der Waals surface area contributed by atoms with Gasteiger partial charge in [-0.3, -0.25) is 5.41 Å². The van der Waals surface area contributed by atoms with Crippen LogP contribution in [0.3, 0.4) is 0 Å². The number of rotatable bonds is 1. The van der Waals surface area contributed by atoms with Gasteiger partial charge in [0.05, 0.1) is 20.6 Å². The Morgan fingerprint density at radius 2 is 1.95 bits per heavy atom. The Bertz CT molecular complexity index is 687. The molecule has 2 heterocycles. The number of nitrogens with zero attached hydrogens (tertiary/aromatic N) is 3. The molecule has 0 saturated heterocycles. The lowest BCUT2D eigenvalue weighted by Gasteiger charge is -2.09. The molecule has 3 rings (SSSR count). The van der Waals surface area contributed by atoms with E-state index in [0.29, 0.717) is 18.0 Å². The molecule has 0 bridgehead atoms. The number of aliphatic hydroxyl groups excluding tert-OH is 1. The summed E-state index contributed by atoms with van der Waals surface area (Å²) < 4.78 is 4.04. The number of hydrogen-bond donors (Lipinski definition) is 2. The molecule has 5 heteroatoms. The van der Waals surface area contributed by atoms with Crippen molar-refractivity contribution in [2.24, 2.45) is 14.1 Å². The summed E-state index contributed by atoms with van der Waals surface area (Å²) in [6.07, 6.45) is 0. The van der Waals surface area contributed by atoms with Gasteiger partial charge in [-0.05, 0) is 12.1 Å². The number of imidazole rings is 1. The summed E-state index contributed by atoms with van der Waals surface area (Å²) in [6.45, 7) is 0.399. The minimum atomic E-state index is 0.258. The highest BCUT2D eigenvalue weighted by Gasteiger charge is 2.35. The number of amidine groups is 1. The van der Waals surface area contributed by atoms with Crippen molar-refractivity contribution in [3.8, 4) is 0 Å². The van der Waals surface area contributed by atoms with Crippen molar-refractivity contribution in [1.29, 1.82) is 5.41 Å². The van der Waals surface area contributed by atoms with Crippen LogP contribution >= 0.6 is 0 Å². The van der Waals surface area contributed by atoms with Crippen molar-refractivity contribution in [1.82, 2.24) is 9.47 Å². The topological polar surface area (TPSA) is 56.1 Å². The molecule has 0 atom stereocenters. The first-order valence-corrected chi connectivity index (χ1v) is 6.18. The molecule has 5 nitrogen and oxygen atoms in total. The van der Waals surface area contributed by atoms with E-state index in [9.17, 15) is 5.11 Å². The van der Waals surface area contributed by atoms with E-state index in [4.69, 9.17) is 5.41 Å². The van der Waals surface area contributed by atoms with Crippen LogP contribution in [0.5, 0.6) is 0 Å². The van der Waals surface area contributed by atoms with Crippen molar-refractivity contribution in [2.75, 3.05) is 13.6 Å². The van der Waals surface area contributed by atoms with Crippen LogP contribution in [-0.4, -0.2) is 34.0 Å². The molecule has 0 saturated carbocycles. The molecule has 1 aliphatic rings. The smallest absolute Gasteiger partial charge is 0.296 e. The zero-order chi connectivity index (χ0) is 13.7. The van der Waals surface area contributed by atoms with E-state index in [1.807, 2.05) is 54.5 Å². The number of aryl methyl sites for hydroxylation is 2. The van der Waals surface area contributed by atoms with E-state index in [0.717, 1.165) is 16.9 Å². The molecular formula is C14H17N4O+. The van der Waals surface area contributed by atoms with Crippen LogP contribution in [0.1, 0.15) is 5.82 Å². The summed E-state index contributed by atoms with van der Waals surface area (Å²) in [5.74, 6) is 1.47. The van der Waals surface area contributed by atoms with E-state index in [1.54, 1.807) is 4.90 Å². The third kappa shape index (κ3) is 1.47. The van der Waals surface area contributed by atoms with Gasteiger partial charge in [0, 0.05) is 7.05 Å². The Morgan fingerprint density at radius 1 is 1.26 bits per heavy atom. The summed E-state index contributed by atoms with van der Waals surface area (Å²) in [7, 11) is 5.74. The first-order chi connectivity index (χ1) is 9.02. The van der Waals surface area contributed by atoms with Crippen LogP contribution in [0.15, 0.2) is 30.0 Å². The van der Waals surface area contributed by atoms with Gasteiger partial charge >= 0.3 is 0 Å². The highest BCUT2D eigenvalue weighted by molar-refractivity contribution is 6.22. The Morgan fingerprint density at radius 3 is 2.53 bits per heavy atom. The number of nitrogens with one attached hydrogen (secondary N) is 1. The fraction of sp³-hybridized carbons (Fsp3) is 0.286. The van der Waals surface area contributed by atoms with Crippen molar-refractivity contribution in [3.63, 3.8) is 0 Å². The van der Waals surface area contributed by atoms with E-state index < -0.39 is 0 Å². The van der Waals surface area contributed by atoms with E-state index >= 15 is 0 Å². The quantitative estimate of drug-likeness (QED) is 0.754. The molecule has 0 spiro atoms. The molecule has 0 unspecified atom stereocenters. The second-order valence-electron chi connectivity index (χ2n) is 4.96. The fourth-order valence-corrected chi connectivity index (χ4v) is 2.77. The van der Waals surface area contributed by atoms with Gasteiger partial charge in [-0.25, -0.2) is 9.13 Å². The van der Waals surface area contributed by atoms with E-state index in [-0.39, 0.29) is 5.76 Å². The predicted octanol–water partition coefficient (Wildman–Crippen LogP) is 1.19. The lowest BCUT2D eigenvalue weighted by atomic mass is 10.2. The highest BCUT2D eigenvalue weighted by atomic mass is 16.3. The van der Waals surface area contributed by atoms with Crippen molar-refractivity contribution < 1.29 is 9.67 Å². The minimum absolute atomic E-state index is 0.258. The zero-order valence-corrected chi connectivity index (χ0v) is 11.3. The predicted molar refractivity (Wildman–Crippen MR) is 74.0 cm³/mol. The number of para-hydroxylation sites is 2. The number of benzene rings is 1. The van der Waals surface area contributed by atoms with Gasteiger partial charge in [0.25, 0.3) is 5.82 Å². The number of aliphatic hydroxyl groups is 1. The van der Waals surface area contributed by atoms with Crippen LogP contribution in [0.2, 0.25) is 0 Å². The maximum atomic E-state index is 10.1. The van der Waals surface area contributed by atoms with Gasteiger partial charge in [-0.1, -0.05) is 12.1 Å². The molecule has 1 aromatic heterocycles.